The molecule has 1 amide bonds. The number of hydrogen-bond donors (Lipinski definition) is 2. The Morgan fingerprint density at radius 3 is 2.48 bits per heavy atom. The summed E-state index contributed by atoms with van der Waals surface area (Å²) < 4.78 is 54.0. The van der Waals surface area contributed by atoms with E-state index in [9.17, 15) is 22.0 Å². The highest BCUT2D eigenvalue weighted by atomic mass is 35.5. The molecule has 0 unspecified atom stereocenters. The molecule has 3 aromatic carbocycles. The number of rotatable bonds is 4. The van der Waals surface area contributed by atoms with Crippen molar-refractivity contribution in [2.24, 2.45) is 0 Å². The monoisotopic (exact) mass is 463 g/mol. The molecule has 1 aliphatic rings. The molecule has 160 valence electrons. The molecule has 0 spiro atoms. The molecule has 1 aliphatic heterocycles. The van der Waals surface area contributed by atoms with Crippen molar-refractivity contribution in [2.75, 3.05) is 9.73 Å². The Balaban J connectivity index is 1.65. The molecular formula is C21H16ClF2N3O3S. The van der Waals surface area contributed by atoms with E-state index >= 15 is 0 Å². The first-order valence-electron chi connectivity index (χ1n) is 9.11. The van der Waals surface area contributed by atoms with Crippen molar-refractivity contribution in [1.82, 2.24) is 5.43 Å². The number of nitrogens with one attached hydrogen (secondary N) is 2. The number of anilines is 2. The summed E-state index contributed by atoms with van der Waals surface area (Å²) in [4.78, 5) is 12.5. The highest BCUT2D eigenvalue weighted by molar-refractivity contribution is 7.92. The fraction of sp³-hybridized carbons (Fsp3) is 0.0952. The van der Waals surface area contributed by atoms with Crippen LogP contribution in [0.4, 0.5) is 20.2 Å². The van der Waals surface area contributed by atoms with E-state index in [1.165, 1.54) is 25.1 Å². The predicted molar refractivity (Wildman–Crippen MR) is 113 cm³/mol. The van der Waals surface area contributed by atoms with Crippen LogP contribution in [0.3, 0.4) is 0 Å². The highest BCUT2D eigenvalue weighted by Gasteiger charge is 2.32. The number of amides is 1. The average molecular weight is 464 g/mol. The van der Waals surface area contributed by atoms with Gasteiger partial charge in [0.05, 0.1) is 21.2 Å². The zero-order chi connectivity index (χ0) is 22.3. The number of carbonyl (C=O) groups excluding carboxylic acids is 1. The van der Waals surface area contributed by atoms with Crippen molar-refractivity contribution in [3.8, 4) is 0 Å². The standard InChI is InChI=1S/C21H16ClF2N3O3S/c1-12-8-14(23)4-7-20(12)31(29,30)27-19-10-16(5-2-13(19)11-25-27)26-21(28)17-6-3-15(24)9-18(17)22/h2-10,25H,11H2,1H3,(H,26,28). The van der Waals surface area contributed by atoms with Crippen molar-refractivity contribution in [2.45, 2.75) is 18.4 Å². The molecule has 10 heteroatoms. The highest BCUT2D eigenvalue weighted by Crippen LogP contribution is 2.34. The maximum Gasteiger partial charge on any atom is 0.278 e. The van der Waals surface area contributed by atoms with Gasteiger partial charge in [0.25, 0.3) is 15.9 Å². The number of hydrogen-bond acceptors (Lipinski definition) is 4. The van der Waals surface area contributed by atoms with Crippen LogP contribution >= 0.6 is 11.6 Å². The first-order valence-corrected chi connectivity index (χ1v) is 10.9. The summed E-state index contributed by atoms with van der Waals surface area (Å²) in [5.74, 6) is -1.67. The number of benzene rings is 3. The van der Waals surface area contributed by atoms with E-state index in [0.29, 0.717) is 16.9 Å². The average Bonchev–Trinajstić information content (AvgIpc) is 3.11. The molecular weight excluding hydrogens is 448 g/mol. The minimum Gasteiger partial charge on any atom is -0.322 e. The SMILES string of the molecule is Cc1cc(F)ccc1S(=O)(=O)N1NCc2ccc(NC(=O)c3ccc(F)cc3Cl)cc21. The van der Waals surface area contributed by atoms with Gasteiger partial charge in [0, 0.05) is 12.2 Å². The molecule has 1 heterocycles. The summed E-state index contributed by atoms with van der Waals surface area (Å²) in [6.07, 6.45) is 0. The van der Waals surface area contributed by atoms with Crippen LogP contribution in [0.2, 0.25) is 5.02 Å². The first kappa shape index (κ1) is 21.2. The predicted octanol–water partition coefficient (Wildman–Crippen LogP) is 4.39. The third-order valence-corrected chi connectivity index (χ3v) is 6.94. The van der Waals surface area contributed by atoms with Crippen LogP contribution in [0.25, 0.3) is 0 Å². The van der Waals surface area contributed by atoms with Gasteiger partial charge in [0.1, 0.15) is 11.6 Å². The van der Waals surface area contributed by atoms with Gasteiger partial charge in [-0.25, -0.2) is 14.2 Å². The number of carbonyl (C=O) groups is 1. The van der Waals surface area contributed by atoms with E-state index in [2.05, 4.69) is 10.7 Å². The van der Waals surface area contributed by atoms with Crippen molar-refractivity contribution in [3.05, 3.63) is 87.9 Å². The number of halogens is 3. The molecule has 0 bridgehead atoms. The lowest BCUT2D eigenvalue weighted by atomic mass is 10.1. The fourth-order valence-electron chi connectivity index (χ4n) is 3.31. The van der Waals surface area contributed by atoms with Gasteiger partial charge in [-0.15, -0.1) is 0 Å². The molecule has 0 aliphatic carbocycles. The van der Waals surface area contributed by atoms with Crippen molar-refractivity contribution in [1.29, 1.82) is 0 Å². The van der Waals surface area contributed by atoms with E-state index in [0.717, 1.165) is 28.7 Å². The minimum atomic E-state index is -4.03. The van der Waals surface area contributed by atoms with Crippen LogP contribution in [-0.2, 0) is 16.6 Å². The second-order valence-corrected chi connectivity index (χ2v) is 9.10. The van der Waals surface area contributed by atoms with E-state index in [1.54, 1.807) is 12.1 Å². The molecule has 0 atom stereocenters. The number of fused-ring (bicyclic) bond motifs is 1. The molecule has 3 aromatic rings. The second-order valence-electron chi connectivity index (χ2n) is 6.94. The van der Waals surface area contributed by atoms with Gasteiger partial charge in [-0.2, -0.15) is 12.8 Å². The molecule has 0 saturated heterocycles. The molecule has 0 saturated carbocycles. The van der Waals surface area contributed by atoms with Gasteiger partial charge in [0.2, 0.25) is 0 Å². The van der Waals surface area contributed by atoms with Crippen LogP contribution in [-0.4, -0.2) is 14.3 Å². The molecule has 0 fully saturated rings. The number of nitrogens with zero attached hydrogens (tertiary/aromatic N) is 1. The van der Waals surface area contributed by atoms with Crippen LogP contribution < -0.4 is 15.2 Å². The summed E-state index contributed by atoms with van der Waals surface area (Å²) in [7, 11) is -4.03. The zero-order valence-electron chi connectivity index (χ0n) is 16.1. The fourth-order valence-corrected chi connectivity index (χ4v) is 5.13. The van der Waals surface area contributed by atoms with Gasteiger partial charge in [-0.1, -0.05) is 17.7 Å². The van der Waals surface area contributed by atoms with Crippen LogP contribution in [0.5, 0.6) is 0 Å². The van der Waals surface area contributed by atoms with E-state index in [1.807, 2.05) is 0 Å². The number of hydrazine groups is 1. The minimum absolute atomic E-state index is 0.0400. The second kappa shape index (κ2) is 7.92. The zero-order valence-corrected chi connectivity index (χ0v) is 17.7. The summed E-state index contributed by atoms with van der Waals surface area (Å²) in [6.45, 7) is 1.77. The topological polar surface area (TPSA) is 78.5 Å². The summed E-state index contributed by atoms with van der Waals surface area (Å²) in [6, 6.07) is 11.6. The normalized spacial score (nSPS) is 13.2. The van der Waals surface area contributed by atoms with E-state index in [4.69, 9.17) is 11.6 Å². The quantitative estimate of drug-likeness (QED) is 0.601. The van der Waals surface area contributed by atoms with Gasteiger partial charge in [0.15, 0.2) is 0 Å². The molecule has 0 aromatic heterocycles. The Kier molecular flexibility index (Phi) is 5.42. The lowest BCUT2D eigenvalue weighted by molar-refractivity contribution is 0.102. The summed E-state index contributed by atoms with van der Waals surface area (Å²) >= 11 is 5.94. The first-order chi connectivity index (χ1) is 14.7. The molecule has 0 radical (unpaired) electrons. The summed E-state index contributed by atoms with van der Waals surface area (Å²) in [5.41, 5.74) is 4.50. The molecule has 2 N–H and O–H groups in total. The summed E-state index contributed by atoms with van der Waals surface area (Å²) in [5, 5.41) is 2.59. The van der Waals surface area contributed by atoms with Crippen LogP contribution in [0, 0.1) is 18.6 Å². The Hall–Kier alpha value is -3.01. The Bertz CT molecular complexity index is 1320. The van der Waals surface area contributed by atoms with Gasteiger partial charge in [-0.3, -0.25) is 4.79 Å². The Morgan fingerprint density at radius 2 is 1.77 bits per heavy atom. The number of sulfonamides is 1. The smallest absolute Gasteiger partial charge is 0.278 e. The Labute approximate surface area is 182 Å². The lowest BCUT2D eigenvalue weighted by Crippen LogP contribution is -2.38. The van der Waals surface area contributed by atoms with E-state index < -0.39 is 27.6 Å². The van der Waals surface area contributed by atoms with Crippen molar-refractivity contribution < 1.29 is 22.0 Å². The third kappa shape index (κ3) is 3.99. The molecule has 31 heavy (non-hydrogen) atoms. The lowest BCUT2D eigenvalue weighted by Gasteiger charge is -2.21. The van der Waals surface area contributed by atoms with Crippen LogP contribution in [0.15, 0.2) is 59.5 Å². The third-order valence-electron chi connectivity index (χ3n) is 4.81. The number of aryl methyl sites for hydroxylation is 1. The van der Waals surface area contributed by atoms with Crippen molar-refractivity contribution in [3.63, 3.8) is 0 Å². The van der Waals surface area contributed by atoms with Gasteiger partial charge in [-0.05, 0) is 66.6 Å². The maximum atomic E-state index is 13.4. The van der Waals surface area contributed by atoms with E-state index in [-0.39, 0.29) is 27.6 Å². The van der Waals surface area contributed by atoms with Gasteiger partial charge >= 0.3 is 0 Å². The van der Waals surface area contributed by atoms with Crippen molar-refractivity contribution >= 4 is 38.9 Å². The maximum absolute atomic E-state index is 13.4. The molecule has 4 rings (SSSR count). The Morgan fingerprint density at radius 1 is 1.06 bits per heavy atom. The van der Waals surface area contributed by atoms with Crippen LogP contribution in [0.1, 0.15) is 21.5 Å². The largest absolute Gasteiger partial charge is 0.322 e. The molecule has 6 nitrogen and oxygen atoms in total. The van der Waals surface area contributed by atoms with Gasteiger partial charge < -0.3 is 5.32 Å².